The second-order valence-electron chi connectivity index (χ2n) is 7.91. The largest absolute Gasteiger partial charge is 0.487 e. The monoisotopic (exact) mass is 494 g/mol. The van der Waals surface area contributed by atoms with E-state index in [1.807, 2.05) is 26.0 Å². The highest BCUT2D eigenvalue weighted by molar-refractivity contribution is 6.39. The van der Waals surface area contributed by atoms with Gasteiger partial charge in [0, 0.05) is 5.02 Å². The third-order valence-corrected chi connectivity index (χ3v) is 5.68. The van der Waals surface area contributed by atoms with Crippen molar-refractivity contribution < 1.29 is 19.1 Å². The van der Waals surface area contributed by atoms with Crippen LogP contribution in [0.3, 0.4) is 0 Å². The summed E-state index contributed by atoms with van der Waals surface area (Å²) in [5.41, 5.74) is 3.92. The Bertz CT molecular complexity index is 1310. The number of carbonyl (C=O) groups is 3. The van der Waals surface area contributed by atoms with E-state index in [1.165, 1.54) is 18.2 Å². The second kappa shape index (κ2) is 9.71. The number of nitrogens with one attached hydrogen (secondary N) is 1. The molecule has 1 saturated heterocycles. The third-order valence-electron chi connectivity index (χ3n) is 5.13. The maximum atomic E-state index is 13.0. The Labute approximate surface area is 206 Å². The van der Waals surface area contributed by atoms with Crippen molar-refractivity contribution in [3.05, 3.63) is 98.5 Å². The number of carbonyl (C=O) groups excluding carboxylic acids is 3. The van der Waals surface area contributed by atoms with Crippen molar-refractivity contribution in [3.63, 3.8) is 0 Å². The minimum atomic E-state index is -0.831. The molecule has 0 saturated carbocycles. The van der Waals surface area contributed by atoms with Crippen LogP contribution in [0, 0.1) is 13.8 Å². The first kappa shape index (κ1) is 23.5. The molecule has 6 nitrogen and oxygen atoms in total. The van der Waals surface area contributed by atoms with Crippen LogP contribution in [-0.4, -0.2) is 17.8 Å². The van der Waals surface area contributed by atoms with Crippen LogP contribution in [0.25, 0.3) is 6.08 Å². The minimum Gasteiger partial charge on any atom is -0.487 e. The zero-order chi connectivity index (χ0) is 24.4. The van der Waals surface area contributed by atoms with E-state index in [0.717, 1.165) is 21.6 Å². The summed E-state index contributed by atoms with van der Waals surface area (Å²) in [6, 6.07) is 16.4. The van der Waals surface area contributed by atoms with Crippen LogP contribution in [0.5, 0.6) is 5.75 Å². The number of rotatable bonds is 5. The van der Waals surface area contributed by atoms with Crippen molar-refractivity contribution >= 4 is 52.8 Å². The first-order valence-corrected chi connectivity index (χ1v) is 11.1. The quantitative estimate of drug-likeness (QED) is 0.356. The van der Waals surface area contributed by atoms with Gasteiger partial charge >= 0.3 is 6.03 Å². The van der Waals surface area contributed by atoms with E-state index in [2.05, 4.69) is 11.4 Å². The van der Waals surface area contributed by atoms with E-state index < -0.39 is 17.8 Å². The van der Waals surface area contributed by atoms with Crippen LogP contribution in [0.1, 0.15) is 22.3 Å². The first-order valence-electron chi connectivity index (χ1n) is 10.4. The normalized spacial score (nSPS) is 15.0. The topological polar surface area (TPSA) is 75.7 Å². The van der Waals surface area contributed by atoms with E-state index in [-0.39, 0.29) is 5.57 Å². The molecule has 1 aliphatic rings. The summed E-state index contributed by atoms with van der Waals surface area (Å²) in [5, 5.41) is 2.97. The van der Waals surface area contributed by atoms with E-state index in [1.54, 1.807) is 30.3 Å². The molecule has 3 aromatic carbocycles. The molecule has 1 fully saturated rings. The number of halogens is 2. The van der Waals surface area contributed by atoms with Crippen molar-refractivity contribution in [1.29, 1.82) is 0 Å². The Morgan fingerprint density at radius 2 is 1.59 bits per heavy atom. The van der Waals surface area contributed by atoms with Gasteiger partial charge in [-0.2, -0.15) is 0 Å². The maximum Gasteiger partial charge on any atom is 0.335 e. The zero-order valence-corrected chi connectivity index (χ0v) is 19.9. The van der Waals surface area contributed by atoms with Crippen molar-refractivity contribution in [2.45, 2.75) is 20.5 Å². The Balaban J connectivity index is 1.55. The molecule has 0 aromatic heterocycles. The smallest absolute Gasteiger partial charge is 0.335 e. The van der Waals surface area contributed by atoms with Crippen LogP contribution < -0.4 is 15.0 Å². The van der Waals surface area contributed by atoms with E-state index in [4.69, 9.17) is 27.9 Å². The van der Waals surface area contributed by atoms with Crippen LogP contribution in [0.15, 0.2) is 66.2 Å². The lowest BCUT2D eigenvalue weighted by molar-refractivity contribution is -0.122. The van der Waals surface area contributed by atoms with Gasteiger partial charge < -0.3 is 4.74 Å². The van der Waals surface area contributed by atoms with Gasteiger partial charge in [-0.3, -0.25) is 14.9 Å². The average Bonchev–Trinajstić information content (AvgIpc) is 2.76. The Hall–Kier alpha value is -3.61. The Kier molecular flexibility index (Phi) is 6.72. The lowest BCUT2D eigenvalue weighted by Gasteiger charge is -2.26. The number of imide groups is 2. The number of anilines is 1. The number of benzene rings is 3. The van der Waals surface area contributed by atoms with Gasteiger partial charge in [0.2, 0.25) is 0 Å². The molecule has 0 spiro atoms. The predicted molar refractivity (Wildman–Crippen MR) is 132 cm³/mol. The highest BCUT2D eigenvalue weighted by atomic mass is 35.5. The van der Waals surface area contributed by atoms with Crippen LogP contribution in [0.2, 0.25) is 10.0 Å². The molecular weight excluding hydrogens is 475 g/mol. The number of nitrogens with zero attached hydrogens (tertiary/aromatic N) is 1. The molecule has 8 heteroatoms. The van der Waals surface area contributed by atoms with Gasteiger partial charge in [-0.25, -0.2) is 9.69 Å². The summed E-state index contributed by atoms with van der Waals surface area (Å²) in [6.07, 6.45) is 1.38. The van der Waals surface area contributed by atoms with Crippen LogP contribution in [-0.2, 0) is 16.2 Å². The summed E-state index contributed by atoms with van der Waals surface area (Å²) in [7, 11) is 0. The van der Waals surface area contributed by atoms with Gasteiger partial charge in [0.25, 0.3) is 11.8 Å². The number of hydrogen-bond acceptors (Lipinski definition) is 4. The fourth-order valence-electron chi connectivity index (χ4n) is 3.69. The van der Waals surface area contributed by atoms with Gasteiger partial charge in [-0.1, -0.05) is 58.6 Å². The van der Waals surface area contributed by atoms with Crippen molar-refractivity contribution in [3.8, 4) is 5.75 Å². The fourth-order valence-corrected chi connectivity index (χ4v) is 4.06. The molecule has 172 valence electrons. The number of urea groups is 1. The molecule has 3 aromatic rings. The van der Waals surface area contributed by atoms with Crippen LogP contribution in [0.4, 0.5) is 10.5 Å². The molecule has 0 unspecified atom stereocenters. The molecule has 34 heavy (non-hydrogen) atoms. The third kappa shape index (κ3) is 5.14. The van der Waals surface area contributed by atoms with Crippen molar-refractivity contribution in [1.82, 2.24) is 5.32 Å². The van der Waals surface area contributed by atoms with E-state index >= 15 is 0 Å². The molecular formula is C26H20Cl2N2O4. The fraction of sp³-hybridized carbons (Fsp3) is 0.115. The Morgan fingerprint density at radius 1 is 0.912 bits per heavy atom. The molecule has 0 bridgehead atoms. The standard InChI is InChI=1S/C26H20Cl2N2O4/c1-15-9-16(2)11-18(10-15)14-34-23-8-3-17(13-22(23)28)12-21-24(31)29-26(33)30(25(21)32)20-6-4-19(27)5-7-20/h3-13H,14H2,1-2H3,(H,29,31,33)/b21-12+. The molecule has 1 N–H and O–H groups in total. The van der Waals surface area contributed by atoms with Gasteiger partial charge in [-0.05, 0) is 67.4 Å². The summed E-state index contributed by atoms with van der Waals surface area (Å²) in [5.74, 6) is -1.06. The SMILES string of the molecule is Cc1cc(C)cc(COc2ccc(/C=C3\C(=O)NC(=O)N(c4ccc(Cl)cc4)C3=O)cc2Cl)c1. The molecule has 1 heterocycles. The van der Waals surface area contributed by atoms with E-state index in [0.29, 0.717) is 33.7 Å². The number of aryl methyl sites for hydroxylation is 2. The number of barbiturate groups is 1. The second-order valence-corrected chi connectivity index (χ2v) is 8.75. The number of amides is 4. The lowest BCUT2D eigenvalue weighted by Crippen LogP contribution is -2.54. The summed E-state index contributed by atoms with van der Waals surface area (Å²) >= 11 is 12.3. The highest BCUT2D eigenvalue weighted by Gasteiger charge is 2.36. The van der Waals surface area contributed by atoms with Crippen LogP contribution >= 0.6 is 23.2 Å². The minimum absolute atomic E-state index is 0.200. The summed E-state index contributed by atoms with van der Waals surface area (Å²) in [4.78, 5) is 38.6. The average molecular weight is 495 g/mol. The Morgan fingerprint density at radius 3 is 2.24 bits per heavy atom. The number of hydrogen-bond donors (Lipinski definition) is 1. The predicted octanol–water partition coefficient (Wildman–Crippen LogP) is 5.86. The highest BCUT2D eigenvalue weighted by Crippen LogP contribution is 2.29. The lowest BCUT2D eigenvalue weighted by atomic mass is 10.1. The first-order chi connectivity index (χ1) is 16.2. The molecule has 0 atom stereocenters. The van der Waals surface area contributed by atoms with Gasteiger partial charge in [0.05, 0.1) is 10.7 Å². The molecule has 4 rings (SSSR count). The molecule has 0 radical (unpaired) electrons. The maximum absolute atomic E-state index is 13.0. The van der Waals surface area contributed by atoms with Gasteiger partial charge in [-0.15, -0.1) is 0 Å². The van der Waals surface area contributed by atoms with Crippen molar-refractivity contribution in [2.75, 3.05) is 4.90 Å². The molecule has 1 aliphatic heterocycles. The van der Waals surface area contributed by atoms with E-state index in [9.17, 15) is 14.4 Å². The summed E-state index contributed by atoms with van der Waals surface area (Å²) in [6.45, 7) is 4.40. The molecule has 0 aliphatic carbocycles. The van der Waals surface area contributed by atoms with Crippen molar-refractivity contribution in [2.24, 2.45) is 0 Å². The number of ether oxygens (including phenoxy) is 1. The van der Waals surface area contributed by atoms with Gasteiger partial charge in [0.15, 0.2) is 0 Å². The summed E-state index contributed by atoms with van der Waals surface area (Å²) < 4.78 is 5.86. The van der Waals surface area contributed by atoms with Gasteiger partial charge in [0.1, 0.15) is 17.9 Å². The zero-order valence-electron chi connectivity index (χ0n) is 18.4. The molecule has 4 amide bonds.